The van der Waals surface area contributed by atoms with Gasteiger partial charge in [-0.15, -0.1) is 0 Å². The van der Waals surface area contributed by atoms with Gasteiger partial charge < -0.3 is 10.2 Å². The molecule has 0 bridgehead atoms. The fourth-order valence-corrected chi connectivity index (χ4v) is 2.26. The minimum Gasteiger partial charge on any atom is -0.330 e. The molecule has 2 aromatic rings. The monoisotopic (exact) mass is 258 g/mol. The van der Waals surface area contributed by atoms with Crippen LogP contribution in [0.5, 0.6) is 0 Å². The number of hydrogen-bond acceptors (Lipinski definition) is 2. The molecule has 0 spiro atoms. The van der Waals surface area contributed by atoms with Gasteiger partial charge >= 0.3 is 0 Å². The second kappa shape index (κ2) is 4.35. The number of fused-ring (bicyclic) bond motifs is 1. The Labute approximate surface area is 110 Å². The van der Waals surface area contributed by atoms with E-state index in [1.54, 1.807) is 6.07 Å². The van der Waals surface area contributed by atoms with Gasteiger partial charge in [0, 0.05) is 10.7 Å². The predicted molar refractivity (Wildman–Crippen MR) is 73.5 cm³/mol. The number of carbonyl (C=O) groups is 1. The van der Waals surface area contributed by atoms with Crippen molar-refractivity contribution in [3.63, 3.8) is 0 Å². The van der Waals surface area contributed by atoms with Crippen LogP contribution in [-0.2, 0) is 4.79 Å². The number of hydrogen-bond donors (Lipinski definition) is 1. The van der Waals surface area contributed by atoms with Gasteiger partial charge in [-0.3, -0.25) is 4.79 Å². The van der Waals surface area contributed by atoms with E-state index in [2.05, 4.69) is 5.32 Å². The SMILES string of the molecule is O=C1CN(c2ccccc2)c2cc(Cl)ccc2N1. The Hall–Kier alpha value is -2.00. The first-order chi connectivity index (χ1) is 8.74. The summed E-state index contributed by atoms with van der Waals surface area (Å²) in [5, 5.41) is 3.51. The van der Waals surface area contributed by atoms with Gasteiger partial charge in [0.15, 0.2) is 0 Å². The van der Waals surface area contributed by atoms with Gasteiger partial charge in [-0.25, -0.2) is 0 Å². The summed E-state index contributed by atoms with van der Waals surface area (Å²) >= 11 is 6.03. The molecule has 0 unspecified atom stereocenters. The van der Waals surface area contributed by atoms with Gasteiger partial charge in [0.2, 0.25) is 5.91 Å². The molecule has 0 radical (unpaired) electrons. The fraction of sp³-hybridized carbons (Fsp3) is 0.0714. The third-order valence-electron chi connectivity index (χ3n) is 2.89. The molecule has 1 heterocycles. The zero-order valence-electron chi connectivity index (χ0n) is 9.56. The van der Waals surface area contributed by atoms with Crippen molar-refractivity contribution in [2.45, 2.75) is 0 Å². The number of rotatable bonds is 1. The van der Waals surface area contributed by atoms with Crippen molar-refractivity contribution in [2.75, 3.05) is 16.8 Å². The number of carbonyl (C=O) groups excluding carboxylic acids is 1. The maximum absolute atomic E-state index is 11.7. The zero-order valence-corrected chi connectivity index (χ0v) is 10.3. The third kappa shape index (κ3) is 1.93. The molecular formula is C14H11ClN2O. The molecule has 0 saturated heterocycles. The van der Waals surface area contributed by atoms with Crippen LogP contribution < -0.4 is 10.2 Å². The van der Waals surface area contributed by atoms with Gasteiger partial charge in [-0.05, 0) is 30.3 Å². The van der Waals surface area contributed by atoms with Crippen LogP contribution in [0.3, 0.4) is 0 Å². The zero-order chi connectivity index (χ0) is 12.5. The number of para-hydroxylation sites is 1. The molecule has 90 valence electrons. The Morgan fingerprint density at radius 2 is 1.89 bits per heavy atom. The molecule has 0 atom stereocenters. The van der Waals surface area contributed by atoms with E-state index in [1.165, 1.54) is 0 Å². The van der Waals surface area contributed by atoms with Crippen LogP contribution in [0.15, 0.2) is 48.5 Å². The summed E-state index contributed by atoms with van der Waals surface area (Å²) in [5.41, 5.74) is 2.70. The van der Waals surface area contributed by atoms with E-state index in [-0.39, 0.29) is 5.91 Å². The van der Waals surface area contributed by atoms with Crippen LogP contribution in [0, 0.1) is 0 Å². The van der Waals surface area contributed by atoms with Crippen LogP contribution in [0.2, 0.25) is 5.02 Å². The van der Waals surface area contributed by atoms with Crippen molar-refractivity contribution in [2.24, 2.45) is 0 Å². The topological polar surface area (TPSA) is 32.3 Å². The number of benzene rings is 2. The Morgan fingerprint density at radius 3 is 2.67 bits per heavy atom. The number of nitrogens with zero attached hydrogens (tertiary/aromatic N) is 1. The lowest BCUT2D eigenvalue weighted by Crippen LogP contribution is -2.34. The molecule has 0 aliphatic carbocycles. The molecule has 2 aromatic carbocycles. The molecular weight excluding hydrogens is 248 g/mol. The molecule has 0 saturated carbocycles. The van der Waals surface area contributed by atoms with Crippen LogP contribution in [0.25, 0.3) is 0 Å². The Morgan fingerprint density at radius 1 is 1.11 bits per heavy atom. The van der Waals surface area contributed by atoms with Gasteiger partial charge in [-0.2, -0.15) is 0 Å². The van der Waals surface area contributed by atoms with E-state index in [9.17, 15) is 4.79 Å². The average Bonchev–Trinajstić information content (AvgIpc) is 2.39. The summed E-state index contributed by atoms with van der Waals surface area (Å²) in [6, 6.07) is 15.3. The minimum absolute atomic E-state index is 0.0197. The van der Waals surface area contributed by atoms with Crippen LogP contribution in [-0.4, -0.2) is 12.5 Å². The van der Waals surface area contributed by atoms with Crippen molar-refractivity contribution in [3.05, 3.63) is 53.6 Å². The van der Waals surface area contributed by atoms with E-state index in [1.807, 2.05) is 47.4 Å². The van der Waals surface area contributed by atoms with Crippen molar-refractivity contribution in [1.29, 1.82) is 0 Å². The van der Waals surface area contributed by atoms with E-state index < -0.39 is 0 Å². The van der Waals surface area contributed by atoms with Gasteiger partial charge in [0.1, 0.15) is 6.54 Å². The molecule has 4 heteroatoms. The van der Waals surface area contributed by atoms with E-state index in [0.29, 0.717) is 11.6 Å². The second-order valence-corrected chi connectivity index (χ2v) is 4.57. The van der Waals surface area contributed by atoms with E-state index >= 15 is 0 Å². The summed E-state index contributed by atoms with van der Waals surface area (Å²) < 4.78 is 0. The van der Waals surface area contributed by atoms with Crippen LogP contribution >= 0.6 is 11.6 Å². The van der Waals surface area contributed by atoms with Crippen LogP contribution in [0.4, 0.5) is 17.1 Å². The Bertz CT molecular complexity index is 598. The number of anilines is 3. The molecule has 0 fully saturated rings. The molecule has 1 N–H and O–H groups in total. The summed E-state index contributed by atoms with van der Waals surface area (Å²) in [6.45, 7) is 0.303. The van der Waals surface area contributed by atoms with Crippen molar-refractivity contribution in [1.82, 2.24) is 0 Å². The largest absolute Gasteiger partial charge is 0.330 e. The number of halogens is 1. The lowest BCUT2D eigenvalue weighted by molar-refractivity contribution is -0.115. The fourth-order valence-electron chi connectivity index (χ4n) is 2.09. The average molecular weight is 259 g/mol. The second-order valence-electron chi connectivity index (χ2n) is 4.13. The minimum atomic E-state index is -0.0197. The summed E-state index contributed by atoms with van der Waals surface area (Å²) in [7, 11) is 0. The molecule has 1 amide bonds. The first-order valence-electron chi connectivity index (χ1n) is 5.66. The molecule has 18 heavy (non-hydrogen) atoms. The van der Waals surface area contributed by atoms with Crippen molar-refractivity contribution in [3.8, 4) is 0 Å². The summed E-state index contributed by atoms with van der Waals surface area (Å²) in [6.07, 6.45) is 0. The molecule has 0 aromatic heterocycles. The van der Waals surface area contributed by atoms with Crippen LogP contribution in [0.1, 0.15) is 0 Å². The molecule has 1 aliphatic heterocycles. The highest BCUT2D eigenvalue weighted by molar-refractivity contribution is 6.31. The van der Waals surface area contributed by atoms with Gasteiger partial charge in [0.25, 0.3) is 0 Å². The van der Waals surface area contributed by atoms with Crippen molar-refractivity contribution >= 4 is 34.6 Å². The predicted octanol–water partition coefficient (Wildman–Crippen LogP) is 3.43. The van der Waals surface area contributed by atoms with E-state index in [0.717, 1.165) is 17.1 Å². The smallest absolute Gasteiger partial charge is 0.244 e. The highest BCUT2D eigenvalue weighted by Crippen LogP contribution is 2.36. The van der Waals surface area contributed by atoms with Crippen molar-refractivity contribution < 1.29 is 4.79 Å². The lowest BCUT2D eigenvalue weighted by atomic mass is 10.1. The summed E-state index contributed by atoms with van der Waals surface area (Å²) in [5.74, 6) is -0.0197. The Kier molecular flexibility index (Phi) is 2.68. The Balaban J connectivity index is 2.12. The molecule has 3 nitrogen and oxygen atoms in total. The molecule has 3 rings (SSSR count). The standard InChI is InChI=1S/C14H11ClN2O/c15-10-6-7-12-13(8-10)17(9-14(18)16-12)11-4-2-1-3-5-11/h1-8H,9H2,(H,16,18). The summed E-state index contributed by atoms with van der Waals surface area (Å²) in [4.78, 5) is 13.7. The molecule has 1 aliphatic rings. The van der Waals surface area contributed by atoms with Gasteiger partial charge in [0.05, 0.1) is 11.4 Å². The maximum Gasteiger partial charge on any atom is 0.244 e. The third-order valence-corrected chi connectivity index (χ3v) is 3.13. The number of amides is 1. The highest BCUT2D eigenvalue weighted by Gasteiger charge is 2.23. The number of nitrogens with one attached hydrogen (secondary N) is 1. The quantitative estimate of drug-likeness (QED) is 0.850. The maximum atomic E-state index is 11.7. The first kappa shape index (κ1) is 11.1. The lowest BCUT2D eigenvalue weighted by Gasteiger charge is -2.31. The van der Waals surface area contributed by atoms with E-state index in [4.69, 9.17) is 11.6 Å². The van der Waals surface area contributed by atoms with Gasteiger partial charge in [-0.1, -0.05) is 29.8 Å². The normalized spacial score (nSPS) is 14.1. The highest BCUT2D eigenvalue weighted by atomic mass is 35.5. The first-order valence-corrected chi connectivity index (χ1v) is 6.04.